The molecule has 0 unspecified atom stereocenters. The van der Waals surface area contributed by atoms with Crippen molar-refractivity contribution in [2.24, 2.45) is 0 Å². The van der Waals surface area contributed by atoms with E-state index in [9.17, 15) is 9.18 Å². The molecule has 0 bridgehead atoms. The summed E-state index contributed by atoms with van der Waals surface area (Å²) < 4.78 is 13.5. The topological polar surface area (TPSA) is 29.1 Å². The minimum atomic E-state index is -0.308. The number of carbonyl (C=O) groups is 1. The second-order valence-electron chi connectivity index (χ2n) is 3.55. The first-order chi connectivity index (χ1) is 8.56. The van der Waals surface area contributed by atoms with Gasteiger partial charge in [0, 0.05) is 6.54 Å². The summed E-state index contributed by atoms with van der Waals surface area (Å²) in [6.07, 6.45) is 0. The SMILES string of the molecule is O=C(NCc1ccc(F)cc1)c1cc(Cl)sc1Cl. The molecule has 6 heteroatoms. The first-order valence-corrected chi connectivity index (χ1v) is 6.61. The molecule has 1 aromatic heterocycles. The second kappa shape index (κ2) is 5.69. The van der Waals surface area contributed by atoms with Gasteiger partial charge in [-0.05, 0) is 23.8 Å². The van der Waals surface area contributed by atoms with Crippen LogP contribution in [0.25, 0.3) is 0 Å². The van der Waals surface area contributed by atoms with Crippen molar-refractivity contribution in [3.05, 3.63) is 55.9 Å². The maximum absolute atomic E-state index is 12.7. The van der Waals surface area contributed by atoms with Gasteiger partial charge in [0.2, 0.25) is 0 Å². The largest absolute Gasteiger partial charge is 0.348 e. The fraction of sp³-hybridized carbons (Fsp3) is 0.0833. The Hall–Kier alpha value is -1.10. The van der Waals surface area contributed by atoms with E-state index in [1.807, 2.05) is 0 Å². The van der Waals surface area contributed by atoms with Crippen molar-refractivity contribution in [3.8, 4) is 0 Å². The lowest BCUT2D eigenvalue weighted by molar-refractivity contribution is 0.0951. The Bertz CT molecular complexity index is 568. The summed E-state index contributed by atoms with van der Waals surface area (Å²) in [5.74, 6) is -0.606. The Morgan fingerprint density at radius 2 is 1.94 bits per heavy atom. The van der Waals surface area contributed by atoms with Crippen LogP contribution in [0.1, 0.15) is 15.9 Å². The normalized spacial score (nSPS) is 10.4. The number of benzene rings is 1. The Morgan fingerprint density at radius 3 is 2.50 bits per heavy atom. The summed E-state index contributed by atoms with van der Waals surface area (Å²) >= 11 is 12.8. The molecule has 2 rings (SSSR count). The highest BCUT2D eigenvalue weighted by Crippen LogP contribution is 2.30. The van der Waals surface area contributed by atoms with Crippen LogP contribution in [0.4, 0.5) is 4.39 Å². The highest BCUT2D eigenvalue weighted by atomic mass is 35.5. The van der Waals surface area contributed by atoms with Crippen molar-refractivity contribution in [3.63, 3.8) is 0 Å². The number of carbonyl (C=O) groups excluding carboxylic acids is 1. The van der Waals surface area contributed by atoms with Gasteiger partial charge in [-0.25, -0.2) is 4.39 Å². The lowest BCUT2D eigenvalue weighted by Gasteiger charge is -2.04. The molecule has 0 aliphatic heterocycles. The molecule has 2 aromatic rings. The van der Waals surface area contributed by atoms with Crippen molar-refractivity contribution >= 4 is 40.4 Å². The van der Waals surface area contributed by atoms with E-state index in [0.717, 1.165) is 16.9 Å². The van der Waals surface area contributed by atoms with Crippen LogP contribution in [0.15, 0.2) is 30.3 Å². The molecule has 0 saturated heterocycles. The van der Waals surface area contributed by atoms with Crippen LogP contribution in [0, 0.1) is 5.82 Å². The molecule has 0 aliphatic carbocycles. The lowest BCUT2D eigenvalue weighted by atomic mass is 10.2. The number of amides is 1. The first-order valence-electron chi connectivity index (χ1n) is 5.04. The predicted molar refractivity (Wildman–Crippen MR) is 71.9 cm³/mol. The zero-order chi connectivity index (χ0) is 13.1. The fourth-order valence-corrected chi connectivity index (χ4v) is 2.83. The van der Waals surface area contributed by atoms with Crippen LogP contribution in [0.5, 0.6) is 0 Å². The van der Waals surface area contributed by atoms with Gasteiger partial charge in [0.05, 0.1) is 9.90 Å². The molecule has 1 heterocycles. The summed E-state index contributed by atoms with van der Waals surface area (Å²) in [6, 6.07) is 7.43. The molecular formula is C12H8Cl2FNOS. The third-order valence-electron chi connectivity index (χ3n) is 2.27. The van der Waals surface area contributed by atoms with Crippen LogP contribution in [0.2, 0.25) is 8.67 Å². The molecule has 0 radical (unpaired) electrons. The molecule has 0 aliphatic rings. The summed E-state index contributed by atoms with van der Waals surface area (Å²) in [6.45, 7) is 0.308. The average Bonchev–Trinajstić information content (AvgIpc) is 2.67. The van der Waals surface area contributed by atoms with Gasteiger partial charge in [-0.1, -0.05) is 35.3 Å². The summed E-state index contributed by atoms with van der Waals surface area (Å²) in [5, 5.41) is 2.69. The van der Waals surface area contributed by atoms with Crippen molar-refractivity contribution in [1.29, 1.82) is 0 Å². The van der Waals surface area contributed by atoms with E-state index in [1.54, 1.807) is 12.1 Å². The maximum atomic E-state index is 12.7. The Balaban J connectivity index is 2.00. The molecule has 0 spiro atoms. The number of halogens is 3. The minimum absolute atomic E-state index is 0.299. The summed E-state index contributed by atoms with van der Waals surface area (Å²) in [4.78, 5) is 11.8. The van der Waals surface area contributed by atoms with Gasteiger partial charge in [0.1, 0.15) is 10.2 Å². The van der Waals surface area contributed by atoms with Gasteiger partial charge in [0.25, 0.3) is 5.91 Å². The van der Waals surface area contributed by atoms with E-state index in [4.69, 9.17) is 23.2 Å². The van der Waals surface area contributed by atoms with Gasteiger partial charge in [-0.3, -0.25) is 4.79 Å². The number of rotatable bonds is 3. The molecule has 1 amide bonds. The average molecular weight is 304 g/mol. The zero-order valence-electron chi connectivity index (χ0n) is 9.04. The Kier molecular flexibility index (Phi) is 4.22. The van der Waals surface area contributed by atoms with Gasteiger partial charge < -0.3 is 5.32 Å². The van der Waals surface area contributed by atoms with Crippen molar-refractivity contribution in [2.75, 3.05) is 0 Å². The summed E-state index contributed by atoms with van der Waals surface area (Å²) in [5.41, 5.74) is 1.16. The number of thiophene rings is 1. The maximum Gasteiger partial charge on any atom is 0.253 e. The molecule has 18 heavy (non-hydrogen) atoms. The quantitative estimate of drug-likeness (QED) is 0.908. The Labute approximate surface area is 117 Å². The van der Waals surface area contributed by atoms with Crippen LogP contribution in [0.3, 0.4) is 0 Å². The smallest absolute Gasteiger partial charge is 0.253 e. The molecule has 1 N–H and O–H groups in total. The number of hydrogen-bond acceptors (Lipinski definition) is 2. The highest BCUT2D eigenvalue weighted by Gasteiger charge is 2.13. The van der Waals surface area contributed by atoms with E-state index >= 15 is 0 Å². The van der Waals surface area contributed by atoms with Crippen LogP contribution in [-0.4, -0.2) is 5.91 Å². The van der Waals surface area contributed by atoms with E-state index in [0.29, 0.717) is 20.8 Å². The fourth-order valence-electron chi connectivity index (χ4n) is 1.37. The third kappa shape index (κ3) is 3.22. The molecular weight excluding hydrogens is 296 g/mol. The third-order valence-corrected chi connectivity index (χ3v) is 3.76. The highest BCUT2D eigenvalue weighted by molar-refractivity contribution is 7.20. The first kappa shape index (κ1) is 13.3. The number of nitrogens with one attached hydrogen (secondary N) is 1. The van der Waals surface area contributed by atoms with E-state index < -0.39 is 0 Å². The zero-order valence-corrected chi connectivity index (χ0v) is 11.4. The molecule has 0 saturated carbocycles. The molecule has 0 atom stereocenters. The Morgan fingerprint density at radius 1 is 1.28 bits per heavy atom. The summed E-state index contributed by atoms with van der Waals surface area (Å²) in [7, 11) is 0. The van der Waals surface area contributed by atoms with Crippen LogP contribution in [-0.2, 0) is 6.54 Å². The monoisotopic (exact) mass is 303 g/mol. The number of hydrogen-bond donors (Lipinski definition) is 1. The van der Waals surface area contributed by atoms with Crippen molar-refractivity contribution < 1.29 is 9.18 Å². The van der Waals surface area contributed by atoms with E-state index in [2.05, 4.69) is 5.32 Å². The van der Waals surface area contributed by atoms with E-state index in [1.165, 1.54) is 18.2 Å². The molecule has 2 nitrogen and oxygen atoms in total. The predicted octanol–water partition coefficient (Wildman–Crippen LogP) is 4.12. The van der Waals surface area contributed by atoms with Gasteiger partial charge in [-0.15, -0.1) is 11.3 Å². The van der Waals surface area contributed by atoms with Crippen LogP contribution >= 0.6 is 34.5 Å². The van der Waals surface area contributed by atoms with Crippen molar-refractivity contribution in [1.82, 2.24) is 5.32 Å². The lowest BCUT2D eigenvalue weighted by Crippen LogP contribution is -2.22. The standard InChI is InChI=1S/C12H8Cl2FNOS/c13-10-5-9(11(14)18-10)12(17)16-6-7-1-3-8(15)4-2-7/h1-5H,6H2,(H,16,17). The van der Waals surface area contributed by atoms with E-state index in [-0.39, 0.29) is 11.7 Å². The van der Waals surface area contributed by atoms with Gasteiger partial charge >= 0.3 is 0 Å². The van der Waals surface area contributed by atoms with Gasteiger partial charge in [0.15, 0.2) is 0 Å². The molecule has 94 valence electrons. The second-order valence-corrected chi connectivity index (χ2v) is 5.83. The van der Waals surface area contributed by atoms with Crippen molar-refractivity contribution in [2.45, 2.75) is 6.54 Å². The molecule has 0 fully saturated rings. The van der Waals surface area contributed by atoms with Gasteiger partial charge in [-0.2, -0.15) is 0 Å². The van der Waals surface area contributed by atoms with Crippen LogP contribution < -0.4 is 5.32 Å². The molecule has 1 aromatic carbocycles. The minimum Gasteiger partial charge on any atom is -0.348 e.